The van der Waals surface area contributed by atoms with Gasteiger partial charge in [0.05, 0.1) is 0 Å². The number of aromatic nitrogens is 4. The summed E-state index contributed by atoms with van der Waals surface area (Å²) in [6, 6.07) is 18.8. The van der Waals surface area contributed by atoms with E-state index < -0.39 is 0 Å². The van der Waals surface area contributed by atoms with Crippen molar-refractivity contribution in [2.75, 3.05) is 23.3 Å². The topological polar surface area (TPSA) is 58.9 Å². The molecular formula is C23H24N6. The largest absolute Gasteiger partial charge is 0.368 e. The predicted octanol–water partition coefficient (Wildman–Crippen LogP) is 4.20. The number of anilines is 2. The molecule has 29 heavy (non-hydrogen) atoms. The Balaban J connectivity index is 1.60. The van der Waals surface area contributed by atoms with Gasteiger partial charge in [-0.15, -0.1) is 0 Å². The Morgan fingerprint density at radius 1 is 0.966 bits per heavy atom. The molecule has 1 N–H and O–H groups in total. The standard InChI is InChI=1S/C23H24N6/c1-2-13-24-21-20-22(29(16-25-20)19-10-4-3-5-11-19)27-23(26-21)28-14-12-17-8-6-7-9-18(17)15-28/h3-11,16H,2,12-15H2,1H3,(H,24,26,27). The second-order valence-electron chi connectivity index (χ2n) is 7.36. The molecule has 0 saturated carbocycles. The summed E-state index contributed by atoms with van der Waals surface area (Å²) in [5.74, 6) is 1.56. The highest BCUT2D eigenvalue weighted by Gasteiger charge is 2.21. The maximum Gasteiger partial charge on any atom is 0.229 e. The molecule has 5 rings (SSSR count). The van der Waals surface area contributed by atoms with Crippen LogP contribution in [0.3, 0.4) is 0 Å². The number of fused-ring (bicyclic) bond motifs is 2. The van der Waals surface area contributed by atoms with Crippen molar-refractivity contribution in [1.82, 2.24) is 19.5 Å². The number of nitrogens with zero attached hydrogens (tertiary/aromatic N) is 5. The zero-order valence-corrected chi connectivity index (χ0v) is 16.5. The molecule has 0 saturated heterocycles. The van der Waals surface area contributed by atoms with Crippen molar-refractivity contribution < 1.29 is 0 Å². The molecule has 0 unspecified atom stereocenters. The van der Waals surface area contributed by atoms with Gasteiger partial charge in [0.1, 0.15) is 6.33 Å². The van der Waals surface area contributed by atoms with Gasteiger partial charge >= 0.3 is 0 Å². The Labute approximate surface area is 170 Å². The summed E-state index contributed by atoms with van der Waals surface area (Å²) in [6.45, 7) is 4.74. The number of hydrogen-bond acceptors (Lipinski definition) is 5. The molecule has 2 aromatic carbocycles. The summed E-state index contributed by atoms with van der Waals surface area (Å²) in [6.07, 6.45) is 3.87. The SMILES string of the molecule is CCCNc1nc(N2CCc3ccccc3C2)nc2c1ncn2-c1ccccc1. The maximum atomic E-state index is 4.95. The van der Waals surface area contributed by atoms with Crippen molar-refractivity contribution in [3.05, 3.63) is 72.1 Å². The number of benzene rings is 2. The number of imidazole rings is 1. The molecule has 0 bridgehead atoms. The lowest BCUT2D eigenvalue weighted by atomic mass is 10.0. The van der Waals surface area contributed by atoms with E-state index in [-0.39, 0.29) is 0 Å². The lowest BCUT2D eigenvalue weighted by molar-refractivity contribution is 0.709. The fourth-order valence-electron chi connectivity index (χ4n) is 3.84. The van der Waals surface area contributed by atoms with Gasteiger partial charge in [-0.2, -0.15) is 9.97 Å². The van der Waals surface area contributed by atoms with E-state index in [4.69, 9.17) is 9.97 Å². The third-order valence-electron chi connectivity index (χ3n) is 5.37. The molecule has 0 aliphatic carbocycles. The average molecular weight is 384 g/mol. The molecule has 0 amide bonds. The summed E-state index contributed by atoms with van der Waals surface area (Å²) in [4.78, 5) is 16.7. The first-order valence-electron chi connectivity index (χ1n) is 10.2. The number of nitrogens with one attached hydrogen (secondary N) is 1. The van der Waals surface area contributed by atoms with Gasteiger partial charge in [0, 0.05) is 25.3 Å². The van der Waals surface area contributed by atoms with E-state index in [1.54, 1.807) is 0 Å². The van der Waals surface area contributed by atoms with Gasteiger partial charge in [-0.3, -0.25) is 4.57 Å². The van der Waals surface area contributed by atoms with Gasteiger partial charge in [-0.05, 0) is 36.1 Å². The van der Waals surface area contributed by atoms with Crippen LogP contribution in [0.2, 0.25) is 0 Å². The van der Waals surface area contributed by atoms with Gasteiger partial charge < -0.3 is 10.2 Å². The summed E-state index contributed by atoms with van der Waals surface area (Å²) in [5, 5.41) is 3.45. The lowest BCUT2D eigenvalue weighted by Gasteiger charge is -2.29. The second-order valence-corrected chi connectivity index (χ2v) is 7.36. The Morgan fingerprint density at radius 2 is 1.76 bits per heavy atom. The highest BCUT2D eigenvalue weighted by atomic mass is 15.3. The number of rotatable bonds is 5. The van der Waals surface area contributed by atoms with Crippen LogP contribution in [0.4, 0.5) is 11.8 Å². The average Bonchev–Trinajstić information content (AvgIpc) is 3.22. The lowest BCUT2D eigenvalue weighted by Crippen LogP contribution is -2.32. The Morgan fingerprint density at radius 3 is 2.59 bits per heavy atom. The van der Waals surface area contributed by atoms with E-state index in [1.165, 1.54) is 11.1 Å². The van der Waals surface area contributed by atoms with Crippen molar-refractivity contribution in [3.63, 3.8) is 0 Å². The molecule has 0 spiro atoms. The van der Waals surface area contributed by atoms with Crippen molar-refractivity contribution in [1.29, 1.82) is 0 Å². The molecule has 0 radical (unpaired) electrons. The summed E-state index contributed by atoms with van der Waals surface area (Å²) in [7, 11) is 0. The second kappa shape index (κ2) is 7.54. The highest BCUT2D eigenvalue weighted by Crippen LogP contribution is 2.28. The fraction of sp³-hybridized carbons (Fsp3) is 0.261. The van der Waals surface area contributed by atoms with Crippen LogP contribution in [-0.4, -0.2) is 32.6 Å². The minimum Gasteiger partial charge on any atom is -0.368 e. The van der Waals surface area contributed by atoms with Crippen molar-refractivity contribution in [2.24, 2.45) is 0 Å². The zero-order valence-electron chi connectivity index (χ0n) is 16.5. The molecule has 2 aromatic heterocycles. The van der Waals surface area contributed by atoms with Crippen LogP contribution in [0.1, 0.15) is 24.5 Å². The molecule has 146 valence electrons. The monoisotopic (exact) mass is 384 g/mol. The van der Waals surface area contributed by atoms with Crippen molar-refractivity contribution >= 4 is 22.9 Å². The quantitative estimate of drug-likeness (QED) is 0.559. The Kier molecular flexibility index (Phi) is 4.60. The Bertz CT molecular complexity index is 1130. The van der Waals surface area contributed by atoms with E-state index in [1.807, 2.05) is 29.1 Å². The first-order valence-corrected chi connectivity index (χ1v) is 10.2. The van der Waals surface area contributed by atoms with Crippen LogP contribution in [0, 0.1) is 0 Å². The van der Waals surface area contributed by atoms with Crippen LogP contribution in [0.25, 0.3) is 16.9 Å². The van der Waals surface area contributed by atoms with E-state index in [2.05, 4.69) is 58.5 Å². The summed E-state index contributed by atoms with van der Waals surface area (Å²) < 4.78 is 2.04. The van der Waals surface area contributed by atoms with Crippen LogP contribution in [0.15, 0.2) is 60.9 Å². The molecule has 4 aromatic rings. The van der Waals surface area contributed by atoms with Gasteiger partial charge in [-0.25, -0.2) is 4.98 Å². The first kappa shape index (κ1) is 17.7. The molecular weight excluding hydrogens is 360 g/mol. The smallest absolute Gasteiger partial charge is 0.229 e. The van der Waals surface area contributed by atoms with Gasteiger partial charge in [-0.1, -0.05) is 49.4 Å². The number of hydrogen-bond donors (Lipinski definition) is 1. The minimum absolute atomic E-state index is 0.753. The molecule has 0 fully saturated rings. The third kappa shape index (κ3) is 3.31. The molecule has 0 atom stereocenters. The fourth-order valence-corrected chi connectivity index (χ4v) is 3.84. The number of para-hydroxylation sites is 1. The summed E-state index contributed by atoms with van der Waals surface area (Å²) >= 11 is 0. The van der Waals surface area contributed by atoms with Crippen molar-refractivity contribution in [2.45, 2.75) is 26.3 Å². The first-order chi connectivity index (χ1) is 14.3. The van der Waals surface area contributed by atoms with E-state index in [9.17, 15) is 0 Å². The van der Waals surface area contributed by atoms with E-state index >= 15 is 0 Å². The summed E-state index contributed by atoms with van der Waals surface area (Å²) in [5.41, 5.74) is 5.46. The van der Waals surface area contributed by atoms with Crippen LogP contribution < -0.4 is 10.2 Å². The Hall–Kier alpha value is -3.41. The van der Waals surface area contributed by atoms with Crippen molar-refractivity contribution in [3.8, 4) is 5.69 Å². The minimum atomic E-state index is 0.753. The van der Waals surface area contributed by atoms with Crippen LogP contribution >= 0.6 is 0 Å². The molecule has 6 nitrogen and oxygen atoms in total. The van der Waals surface area contributed by atoms with E-state index in [0.717, 1.165) is 61.1 Å². The van der Waals surface area contributed by atoms with Gasteiger partial charge in [0.15, 0.2) is 17.0 Å². The normalized spacial score (nSPS) is 13.5. The van der Waals surface area contributed by atoms with E-state index in [0.29, 0.717) is 0 Å². The maximum absolute atomic E-state index is 4.95. The molecule has 1 aliphatic rings. The molecule has 3 heterocycles. The zero-order chi connectivity index (χ0) is 19.6. The molecule has 6 heteroatoms. The van der Waals surface area contributed by atoms with Crippen LogP contribution in [-0.2, 0) is 13.0 Å². The predicted molar refractivity (Wildman–Crippen MR) is 117 cm³/mol. The highest BCUT2D eigenvalue weighted by molar-refractivity contribution is 5.85. The van der Waals surface area contributed by atoms with Gasteiger partial charge in [0.25, 0.3) is 0 Å². The van der Waals surface area contributed by atoms with Crippen LogP contribution in [0.5, 0.6) is 0 Å². The third-order valence-corrected chi connectivity index (χ3v) is 5.37. The molecule has 1 aliphatic heterocycles. The van der Waals surface area contributed by atoms with Gasteiger partial charge in [0.2, 0.25) is 5.95 Å².